The van der Waals surface area contributed by atoms with E-state index in [1.807, 2.05) is 0 Å². The van der Waals surface area contributed by atoms with Crippen LogP contribution in [0.1, 0.15) is 29.2 Å². The Morgan fingerprint density at radius 2 is 0.887 bits per heavy atom. The molecule has 2 heteroatoms. The van der Waals surface area contributed by atoms with Crippen molar-refractivity contribution >= 4 is 38.8 Å². The molecule has 1 aliphatic rings. The van der Waals surface area contributed by atoms with Gasteiger partial charge in [0.15, 0.2) is 0 Å². The van der Waals surface area contributed by atoms with Gasteiger partial charge in [0.25, 0.3) is 0 Å². The number of rotatable bonds is 7. The summed E-state index contributed by atoms with van der Waals surface area (Å²) in [5.74, 6) is 0.273. The number of aromatic nitrogens is 2. The first-order valence-corrected chi connectivity index (χ1v) is 21.6. The first-order valence-electron chi connectivity index (χ1n) is 21.6. The number of benzene rings is 9. The van der Waals surface area contributed by atoms with Gasteiger partial charge in [-0.05, 0) is 123 Å². The summed E-state index contributed by atoms with van der Waals surface area (Å²) in [6.07, 6.45) is 5.66. The molecule has 0 N–H and O–H groups in total. The minimum atomic E-state index is 0.273. The topological polar surface area (TPSA) is 9.86 Å². The predicted molar refractivity (Wildman–Crippen MR) is 261 cm³/mol. The van der Waals surface area contributed by atoms with Gasteiger partial charge in [0.05, 0.1) is 27.9 Å². The van der Waals surface area contributed by atoms with E-state index >= 15 is 0 Å². The Morgan fingerprint density at radius 3 is 1.61 bits per heavy atom. The molecule has 0 bridgehead atoms. The Kier molecular flexibility index (Phi) is 8.67. The SMILES string of the molecule is C1=Cc2c(c3cc(-c4ccc5c(c4)c4ccccc4n5-c4ccc(-c5ccccc5)cc4-c4cccc(-c5ccccc5)c4)ccc3n2-c2ccccc2)C(c2ccccc2)C1. The highest BCUT2D eigenvalue weighted by Gasteiger charge is 2.27. The molecule has 1 atom stereocenters. The van der Waals surface area contributed by atoms with Gasteiger partial charge in [0, 0.05) is 33.3 Å². The molecular formula is C60H42N2. The fourth-order valence-corrected chi connectivity index (χ4v) is 10.0. The Labute approximate surface area is 361 Å². The molecule has 12 rings (SSSR count). The number of allylic oxidation sites excluding steroid dienone is 1. The van der Waals surface area contributed by atoms with Gasteiger partial charge in [-0.15, -0.1) is 0 Å². The molecule has 62 heavy (non-hydrogen) atoms. The van der Waals surface area contributed by atoms with Crippen molar-refractivity contribution in [2.75, 3.05) is 0 Å². The molecule has 11 aromatic rings. The van der Waals surface area contributed by atoms with E-state index in [9.17, 15) is 0 Å². The maximum atomic E-state index is 2.48. The highest BCUT2D eigenvalue weighted by Crippen LogP contribution is 2.45. The molecule has 1 unspecified atom stereocenters. The lowest BCUT2D eigenvalue weighted by molar-refractivity contribution is 0.819. The molecule has 0 spiro atoms. The van der Waals surface area contributed by atoms with Crippen molar-refractivity contribution in [3.63, 3.8) is 0 Å². The van der Waals surface area contributed by atoms with Gasteiger partial charge in [-0.25, -0.2) is 0 Å². The Bertz CT molecular complexity index is 3460. The van der Waals surface area contributed by atoms with Crippen molar-refractivity contribution < 1.29 is 0 Å². The van der Waals surface area contributed by atoms with Crippen LogP contribution in [-0.2, 0) is 0 Å². The highest BCUT2D eigenvalue weighted by molar-refractivity contribution is 6.11. The maximum Gasteiger partial charge on any atom is 0.0541 e. The maximum absolute atomic E-state index is 2.48. The quantitative estimate of drug-likeness (QED) is 0.152. The second-order valence-corrected chi connectivity index (χ2v) is 16.4. The van der Waals surface area contributed by atoms with Crippen LogP contribution in [0.15, 0.2) is 231 Å². The largest absolute Gasteiger partial charge is 0.310 e. The summed E-state index contributed by atoms with van der Waals surface area (Å²) in [6, 6.07) is 82.3. The van der Waals surface area contributed by atoms with Crippen LogP contribution in [0.3, 0.4) is 0 Å². The van der Waals surface area contributed by atoms with Gasteiger partial charge in [-0.2, -0.15) is 0 Å². The van der Waals surface area contributed by atoms with Gasteiger partial charge < -0.3 is 9.13 Å². The van der Waals surface area contributed by atoms with Crippen LogP contribution in [0.4, 0.5) is 0 Å². The number of para-hydroxylation sites is 2. The van der Waals surface area contributed by atoms with E-state index in [0.29, 0.717) is 0 Å². The summed E-state index contributed by atoms with van der Waals surface area (Å²) in [7, 11) is 0. The third-order valence-corrected chi connectivity index (χ3v) is 12.9. The minimum Gasteiger partial charge on any atom is -0.310 e. The smallest absolute Gasteiger partial charge is 0.0541 e. The molecule has 0 fully saturated rings. The Hall–Kier alpha value is -7.94. The van der Waals surface area contributed by atoms with Crippen molar-refractivity contribution in [3.05, 3.63) is 247 Å². The number of hydrogen-bond donors (Lipinski definition) is 0. The number of nitrogens with zero attached hydrogens (tertiary/aromatic N) is 2. The van der Waals surface area contributed by atoms with Crippen molar-refractivity contribution in [1.82, 2.24) is 9.13 Å². The van der Waals surface area contributed by atoms with Crippen molar-refractivity contribution in [3.8, 4) is 55.9 Å². The zero-order valence-corrected chi connectivity index (χ0v) is 34.2. The van der Waals surface area contributed by atoms with E-state index in [-0.39, 0.29) is 5.92 Å². The molecular weight excluding hydrogens is 749 g/mol. The lowest BCUT2D eigenvalue weighted by Gasteiger charge is -2.21. The van der Waals surface area contributed by atoms with E-state index in [1.165, 1.54) is 99.7 Å². The van der Waals surface area contributed by atoms with E-state index < -0.39 is 0 Å². The van der Waals surface area contributed by atoms with Crippen LogP contribution in [0.5, 0.6) is 0 Å². The van der Waals surface area contributed by atoms with E-state index in [4.69, 9.17) is 0 Å². The third kappa shape index (κ3) is 6.03. The van der Waals surface area contributed by atoms with Crippen LogP contribution >= 0.6 is 0 Å². The molecule has 1 aliphatic carbocycles. The van der Waals surface area contributed by atoms with Crippen molar-refractivity contribution in [1.29, 1.82) is 0 Å². The lowest BCUT2D eigenvalue weighted by Crippen LogP contribution is -2.06. The minimum absolute atomic E-state index is 0.273. The second kappa shape index (κ2) is 15.0. The molecule has 2 aromatic heterocycles. The number of hydrogen-bond acceptors (Lipinski definition) is 0. The van der Waals surface area contributed by atoms with Gasteiger partial charge in [-0.3, -0.25) is 0 Å². The highest BCUT2D eigenvalue weighted by atomic mass is 15.0. The average Bonchev–Trinajstić information content (AvgIpc) is 3.87. The summed E-state index contributed by atoms with van der Waals surface area (Å²) >= 11 is 0. The van der Waals surface area contributed by atoms with Crippen molar-refractivity contribution in [2.45, 2.75) is 12.3 Å². The van der Waals surface area contributed by atoms with E-state index in [2.05, 4.69) is 246 Å². The molecule has 0 saturated heterocycles. The van der Waals surface area contributed by atoms with Gasteiger partial charge in [-0.1, -0.05) is 170 Å². The van der Waals surface area contributed by atoms with Gasteiger partial charge in [0.1, 0.15) is 0 Å². The molecule has 0 amide bonds. The Morgan fingerprint density at radius 1 is 0.355 bits per heavy atom. The fraction of sp³-hybridized carbons (Fsp3) is 0.0333. The molecule has 2 heterocycles. The fourth-order valence-electron chi connectivity index (χ4n) is 10.0. The Balaban J connectivity index is 1.05. The summed E-state index contributed by atoms with van der Waals surface area (Å²) in [6.45, 7) is 0. The van der Waals surface area contributed by atoms with Crippen molar-refractivity contribution in [2.24, 2.45) is 0 Å². The summed E-state index contributed by atoms with van der Waals surface area (Å²) in [5, 5.41) is 3.79. The summed E-state index contributed by atoms with van der Waals surface area (Å²) in [4.78, 5) is 0. The van der Waals surface area contributed by atoms with Crippen LogP contribution in [0.2, 0.25) is 0 Å². The molecule has 0 aliphatic heterocycles. The van der Waals surface area contributed by atoms with Crippen LogP contribution < -0.4 is 0 Å². The van der Waals surface area contributed by atoms with Crippen LogP contribution in [0.25, 0.3) is 94.7 Å². The zero-order chi connectivity index (χ0) is 41.0. The molecule has 292 valence electrons. The molecule has 2 nitrogen and oxygen atoms in total. The number of fused-ring (bicyclic) bond motifs is 6. The first kappa shape index (κ1) is 36.0. The molecule has 9 aromatic carbocycles. The standard InChI is InChI=1S/C60H42N2/c1-5-17-41(18-6-1)44-23-15-24-48(37-44)52-38-45(42-19-7-2-8-20-42)31-34-56(52)62-55-29-14-13-27-51(55)53-39-46(32-35-57(53)62)47-33-36-58-54(40-47)60-50(43-21-9-3-10-22-43)28-16-30-59(60)61(58)49-25-11-4-12-26-49/h1-27,29-40,50H,28H2. The average molecular weight is 791 g/mol. The van der Waals surface area contributed by atoms with E-state index in [1.54, 1.807) is 0 Å². The zero-order valence-electron chi connectivity index (χ0n) is 34.2. The molecule has 0 saturated carbocycles. The molecule has 0 radical (unpaired) electrons. The lowest BCUT2D eigenvalue weighted by atomic mass is 9.83. The van der Waals surface area contributed by atoms with Gasteiger partial charge >= 0.3 is 0 Å². The van der Waals surface area contributed by atoms with Crippen LogP contribution in [0, 0.1) is 0 Å². The predicted octanol–water partition coefficient (Wildman–Crippen LogP) is 15.9. The third-order valence-electron chi connectivity index (χ3n) is 12.9. The summed E-state index contributed by atoms with van der Waals surface area (Å²) < 4.78 is 4.93. The van der Waals surface area contributed by atoms with Crippen LogP contribution in [-0.4, -0.2) is 9.13 Å². The van der Waals surface area contributed by atoms with E-state index in [0.717, 1.165) is 12.1 Å². The monoisotopic (exact) mass is 790 g/mol. The summed E-state index contributed by atoms with van der Waals surface area (Å²) in [5.41, 5.74) is 19.6. The normalized spacial score (nSPS) is 13.5. The first-order chi connectivity index (χ1) is 30.8. The van der Waals surface area contributed by atoms with Gasteiger partial charge in [0.2, 0.25) is 0 Å². The second-order valence-electron chi connectivity index (χ2n) is 16.4.